The van der Waals surface area contributed by atoms with Crippen LogP contribution in [0.2, 0.25) is 5.02 Å². The molecule has 2 aromatic heterocycles. The fraction of sp³-hybridized carbons (Fsp3) is 0.200. The predicted molar refractivity (Wildman–Crippen MR) is 56.2 cm³/mol. The molecule has 0 atom stereocenters. The fourth-order valence-electron chi connectivity index (χ4n) is 1.38. The quantitative estimate of drug-likeness (QED) is 0.868. The number of fused-ring (bicyclic) bond motifs is 1. The highest BCUT2D eigenvalue weighted by atomic mass is 35.5. The van der Waals surface area contributed by atoms with Crippen LogP contribution in [-0.2, 0) is 11.2 Å². The van der Waals surface area contributed by atoms with Crippen LogP contribution in [0.5, 0.6) is 0 Å². The summed E-state index contributed by atoms with van der Waals surface area (Å²) < 4.78 is 1.79. The lowest BCUT2D eigenvalue weighted by molar-refractivity contribution is -0.136. The molecule has 0 bridgehead atoms. The monoisotopic (exact) mass is 224 g/mol. The molecule has 0 amide bonds. The van der Waals surface area contributed by atoms with E-state index in [9.17, 15) is 4.79 Å². The Morgan fingerprint density at radius 1 is 1.60 bits per heavy atom. The van der Waals surface area contributed by atoms with E-state index in [1.807, 2.05) is 12.3 Å². The van der Waals surface area contributed by atoms with Crippen LogP contribution in [0, 0.1) is 0 Å². The molecule has 0 spiro atoms. The average molecular weight is 225 g/mol. The number of aromatic nitrogens is 2. The second-order valence-corrected chi connectivity index (χ2v) is 3.62. The number of pyridine rings is 1. The maximum Gasteiger partial charge on any atom is 0.303 e. The lowest BCUT2D eigenvalue weighted by atomic mass is 10.2. The molecular weight excluding hydrogens is 216 g/mol. The number of halogens is 1. The van der Waals surface area contributed by atoms with Gasteiger partial charge in [-0.25, -0.2) is 4.98 Å². The maximum absolute atomic E-state index is 10.4. The first kappa shape index (κ1) is 9.98. The van der Waals surface area contributed by atoms with Crippen molar-refractivity contribution in [3.05, 3.63) is 35.2 Å². The molecular formula is C10H9ClN2O2. The van der Waals surface area contributed by atoms with Crippen LogP contribution in [0.4, 0.5) is 0 Å². The zero-order valence-electron chi connectivity index (χ0n) is 7.85. The van der Waals surface area contributed by atoms with E-state index in [0.717, 1.165) is 5.69 Å². The van der Waals surface area contributed by atoms with Gasteiger partial charge in [-0.2, -0.15) is 0 Å². The SMILES string of the molecule is O=C(O)CCc1cn2cccc(Cl)c2n1. The topological polar surface area (TPSA) is 54.6 Å². The van der Waals surface area contributed by atoms with Crippen molar-refractivity contribution in [2.24, 2.45) is 0 Å². The first-order chi connectivity index (χ1) is 7.16. The van der Waals surface area contributed by atoms with E-state index in [-0.39, 0.29) is 6.42 Å². The van der Waals surface area contributed by atoms with Crippen molar-refractivity contribution >= 4 is 23.2 Å². The van der Waals surface area contributed by atoms with Gasteiger partial charge in [0.05, 0.1) is 17.1 Å². The molecule has 5 heteroatoms. The Balaban J connectivity index is 2.31. The van der Waals surface area contributed by atoms with Gasteiger partial charge in [-0.05, 0) is 12.1 Å². The van der Waals surface area contributed by atoms with Crippen molar-refractivity contribution in [2.75, 3.05) is 0 Å². The summed E-state index contributed by atoms with van der Waals surface area (Å²) in [6.07, 6.45) is 4.14. The van der Waals surface area contributed by atoms with Gasteiger partial charge in [0, 0.05) is 18.8 Å². The summed E-state index contributed by atoms with van der Waals surface area (Å²) in [5.74, 6) is -0.821. The molecule has 0 saturated heterocycles. The van der Waals surface area contributed by atoms with Crippen molar-refractivity contribution in [3.8, 4) is 0 Å². The van der Waals surface area contributed by atoms with Gasteiger partial charge in [0.25, 0.3) is 0 Å². The van der Waals surface area contributed by atoms with Crippen molar-refractivity contribution < 1.29 is 9.90 Å². The molecule has 4 nitrogen and oxygen atoms in total. The third kappa shape index (κ3) is 2.10. The smallest absolute Gasteiger partial charge is 0.303 e. The summed E-state index contributed by atoms with van der Waals surface area (Å²) in [4.78, 5) is 14.6. The summed E-state index contributed by atoms with van der Waals surface area (Å²) in [6, 6.07) is 3.57. The summed E-state index contributed by atoms with van der Waals surface area (Å²) in [5, 5.41) is 9.11. The highest BCUT2D eigenvalue weighted by Gasteiger charge is 2.06. The normalized spacial score (nSPS) is 10.7. The van der Waals surface area contributed by atoms with Gasteiger partial charge < -0.3 is 9.51 Å². The Labute approximate surface area is 91.1 Å². The van der Waals surface area contributed by atoms with E-state index < -0.39 is 5.97 Å². The molecule has 0 aromatic carbocycles. The lowest BCUT2D eigenvalue weighted by Crippen LogP contribution is -1.97. The van der Waals surface area contributed by atoms with Crippen LogP contribution in [0.1, 0.15) is 12.1 Å². The highest BCUT2D eigenvalue weighted by molar-refractivity contribution is 6.33. The van der Waals surface area contributed by atoms with Crippen LogP contribution >= 0.6 is 11.6 Å². The molecule has 0 aliphatic heterocycles. The third-order valence-corrected chi connectivity index (χ3v) is 2.38. The van der Waals surface area contributed by atoms with E-state index in [0.29, 0.717) is 17.1 Å². The predicted octanol–water partition coefficient (Wildman–Crippen LogP) is 2.00. The van der Waals surface area contributed by atoms with E-state index in [4.69, 9.17) is 16.7 Å². The summed E-state index contributed by atoms with van der Waals surface area (Å²) in [6.45, 7) is 0. The number of carbonyl (C=O) groups is 1. The summed E-state index contributed by atoms with van der Waals surface area (Å²) in [5.41, 5.74) is 1.41. The number of imidazole rings is 1. The number of carboxylic acids is 1. The Bertz CT molecular complexity index is 507. The molecule has 0 saturated carbocycles. The molecule has 0 unspecified atom stereocenters. The van der Waals surface area contributed by atoms with Gasteiger partial charge in [0.15, 0.2) is 5.65 Å². The summed E-state index contributed by atoms with van der Waals surface area (Å²) in [7, 11) is 0. The molecule has 78 valence electrons. The Morgan fingerprint density at radius 3 is 3.07 bits per heavy atom. The summed E-state index contributed by atoms with van der Waals surface area (Å²) >= 11 is 5.93. The molecule has 15 heavy (non-hydrogen) atoms. The molecule has 0 fully saturated rings. The second-order valence-electron chi connectivity index (χ2n) is 3.21. The fourth-order valence-corrected chi connectivity index (χ4v) is 1.60. The molecule has 1 N–H and O–H groups in total. The van der Waals surface area contributed by atoms with Gasteiger partial charge in [0.2, 0.25) is 0 Å². The van der Waals surface area contributed by atoms with Crippen LogP contribution in [0.15, 0.2) is 24.5 Å². The molecule has 0 radical (unpaired) electrons. The van der Waals surface area contributed by atoms with Crippen LogP contribution in [0.3, 0.4) is 0 Å². The van der Waals surface area contributed by atoms with Gasteiger partial charge in [-0.1, -0.05) is 11.6 Å². The minimum absolute atomic E-state index is 0.0848. The maximum atomic E-state index is 10.4. The number of rotatable bonds is 3. The standard InChI is InChI=1S/C10H9ClN2O2/c11-8-2-1-5-13-6-7(12-10(8)13)3-4-9(14)15/h1-2,5-6H,3-4H2,(H,14,15). The van der Waals surface area contributed by atoms with Crippen molar-refractivity contribution in [1.29, 1.82) is 0 Å². The number of hydrogen-bond donors (Lipinski definition) is 1. The first-order valence-electron chi connectivity index (χ1n) is 4.51. The van der Waals surface area contributed by atoms with E-state index in [1.165, 1.54) is 0 Å². The van der Waals surface area contributed by atoms with Crippen LogP contribution in [0.25, 0.3) is 5.65 Å². The Morgan fingerprint density at radius 2 is 2.40 bits per heavy atom. The minimum atomic E-state index is -0.821. The zero-order valence-corrected chi connectivity index (χ0v) is 8.61. The third-order valence-electron chi connectivity index (χ3n) is 2.08. The molecule has 0 aliphatic carbocycles. The Hall–Kier alpha value is -1.55. The Kier molecular flexibility index (Phi) is 2.60. The number of aryl methyl sites for hydroxylation is 1. The lowest BCUT2D eigenvalue weighted by Gasteiger charge is -1.92. The van der Waals surface area contributed by atoms with E-state index in [1.54, 1.807) is 16.7 Å². The van der Waals surface area contributed by atoms with Crippen molar-refractivity contribution in [3.63, 3.8) is 0 Å². The number of carboxylic acid groups (broad SMARTS) is 1. The van der Waals surface area contributed by atoms with Crippen LogP contribution < -0.4 is 0 Å². The van der Waals surface area contributed by atoms with Gasteiger partial charge in [-0.3, -0.25) is 4.79 Å². The van der Waals surface area contributed by atoms with Gasteiger partial charge >= 0.3 is 5.97 Å². The molecule has 2 rings (SSSR count). The largest absolute Gasteiger partial charge is 0.481 e. The van der Waals surface area contributed by atoms with Gasteiger partial charge in [-0.15, -0.1) is 0 Å². The number of nitrogens with zero attached hydrogens (tertiary/aromatic N) is 2. The highest BCUT2D eigenvalue weighted by Crippen LogP contribution is 2.16. The van der Waals surface area contributed by atoms with Gasteiger partial charge in [0.1, 0.15) is 0 Å². The number of aliphatic carboxylic acids is 1. The van der Waals surface area contributed by atoms with Crippen molar-refractivity contribution in [2.45, 2.75) is 12.8 Å². The van der Waals surface area contributed by atoms with E-state index in [2.05, 4.69) is 4.98 Å². The second kappa shape index (κ2) is 3.90. The minimum Gasteiger partial charge on any atom is -0.481 e. The van der Waals surface area contributed by atoms with Crippen LogP contribution in [-0.4, -0.2) is 20.5 Å². The molecule has 0 aliphatic rings. The molecule has 2 aromatic rings. The average Bonchev–Trinajstić information content (AvgIpc) is 2.59. The molecule has 2 heterocycles. The number of hydrogen-bond acceptors (Lipinski definition) is 2. The first-order valence-corrected chi connectivity index (χ1v) is 4.88. The van der Waals surface area contributed by atoms with Crippen molar-refractivity contribution in [1.82, 2.24) is 9.38 Å². The zero-order chi connectivity index (χ0) is 10.8. The van der Waals surface area contributed by atoms with E-state index >= 15 is 0 Å².